The molecule has 0 amide bonds. The van der Waals surface area contributed by atoms with E-state index in [-0.39, 0.29) is 40.9 Å². The zero-order valence-corrected chi connectivity index (χ0v) is 31.9. The molecule has 0 radical (unpaired) electrons. The number of hydrogen-bond acceptors (Lipinski definition) is 8. The van der Waals surface area contributed by atoms with Crippen LogP contribution in [-0.4, -0.2) is 52.5 Å². The Morgan fingerprint density at radius 2 is 0.917 bits per heavy atom. The largest absolute Gasteiger partial charge is 0.493 e. The third kappa shape index (κ3) is 13.5. The van der Waals surface area contributed by atoms with Crippen molar-refractivity contribution in [2.24, 2.45) is 35.5 Å². The van der Waals surface area contributed by atoms with Crippen LogP contribution in [0.15, 0.2) is 24.3 Å². The Morgan fingerprint density at radius 3 is 1.33 bits per heavy atom. The van der Waals surface area contributed by atoms with Gasteiger partial charge in [-0.2, -0.15) is 0 Å². The number of hydrogen-bond donors (Lipinski definition) is 0. The van der Waals surface area contributed by atoms with E-state index < -0.39 is 0 Å². The molecule has 0 saturated heterocycles. The predicted molar refractivity (Wildman–Crippen MR) is 195 cm³/mol. The van der Waals surface area contributed by atoms with Gasteiger partial charge in [0.1, 0.15) is 11.3 Å². The first-order valence-electron chi connectivity index (χ1n) is 17.5. The lowest BCUT2D eigenvalue weighted by Gasteiger charge is -2.23. The maximum absolute atomic E-state index is 14.5. The number of rotatable bonds is 22. The molecule has 0 atom stereocenters. The minimum Gasteiger partial charge on any atom is -0.493 e. The van der Waals surface area contributed by atoms with Gasteiger partial charge in [-0.25, -0.2) is 0 Å². The molecule has 0 aromatic heterocycles. The smallest absolute Gasteiger partial charge is 0.193 e. The van der Waals surface area contributed by atoms with Crippen LogP contribution >= 0.6 is 0 Å². The third-order valence-electron chi connectivity index (χ3n) is 6.51. The van der Waals surface area contributed by atoms with E-state index in [1.54, 1.807) is 19.3 Å². The molecule has 0 aliphatic heterocycles. The molecule has 2 aromatic rings. The van der Waals surface area contributed by atoms with Crippen molar-refractivity contribution >= 4 is 11.9 Å². The maximum Gasteiger partial charge on any atom is 0.193 e. The van der Waals surface area contributed by atoms with Crippen molar-refractivity contribution in [2.45, 2.75) is 83.1 Å². The predicted octanol–water partition coefficient (Wildman–Crippen LogP) is 9.80. The second-order valence-electron chi connectivity index (χ2n) is 14.9. The van der Waals surface area contributed by atoms with Crippen molar-refractivity contribution in [3.63, 3.8) is 0 Å². The van der Waals surface area contributed by atoms with Crippen LogP contribution in [0.1, 0.15) is 99.0 Å². The summed E-state index contributed by atoms with van der Waals surface area (Å²) in [6, 6.07) is 5.49. The molecule has 2 rings (SSSR count). The summed E-state index contributed by atoms with van der Waals surface area (Å²) < 4.78 is 43.4. The first-order valence-corrected chi connectivity index (χ1v) is 17.5. The fourth-order valence-corrected chi connectivity index (χ4v) is 4.21. The Bertz CT molecular complexity index is 1260. The van der Waals surface area contributed by atoms with Gasteiger partial charge in [0.05, 0.1) is 46.8 Å². The number of carbonyl (C=O) groups is 1. The molecular weight excluding hydrogens is 608 g/mol. The Morgan fingerprint density at radius 1 is 0.521 bits per heavy atom. The Kier molecular flexibility index (Phi) is 17.0. The molecule has 48 heavy (non-hydrogen) atoms. The third-order valence-corrected chi connectivity index (χ3v) is 6.51. The molecular formula is C40H62O8. The summed E-state index contributed by atoms with van der Waals surface area (Å²) in [5.74, 6) is 4.49. The summed E-state index contributed by atoms with van der Waals surface area (Å²) >= 11 is 0. The number of methoxy groups -OCH3 is 1. The molecule has 0 fully saturated rings. The van der Waals surface area contributed by atoms with Crippen molar-refractivity contribution in [1.29, 1.82) is 0 Å². The molecule has 0 aliphatic carbocycles. The minimum atomic E-state index is -0.320. The first kappa shape index (κ1) is 40.6. The average molecular weight is 671 g/mol. The van der Waals surface area contributed by atoms with E-state index in [4.69, 9.17) is 33.2 Å². The second kappa shape index (κ2) is 20.1. The van der Waals surface area contributed by atoms with E-state index >= 15 is 0 Å². The number of ketones is 1. The van der Waals surface area contributed by atoms with Crippen LogP contribution in [0.25, 0.3) is 6.08 Å². The van der Waals surface area contributed by atoms with Crippen molar-refractivity contribution in [3.8, 4) is 40.2 Å². The van der Waals surface area contributed by atoms with Gasteiger partial charge in [-0.05, 0) is 53.7 Å². The van der Waals surface area contributed by atoms with E-state index in [0.717, 1.165) is 0 Å². The average Bonchev–Trinajstić information content (AvgIpc) is 3.00. The first-order chi connectivity index (χ1) is 22.6. The summed E-state index contributed by atoms with van der Waals surface area (Å²) in [6.45, 7) is 27.6. The monoisotopic (exact) mass is 670 g/mol. The molecule has 270 valence electrons. The van der Waals surface area contributed by atoms with Gasteiger partial charge in [-0.1, -0.05) is 83.1 Å². The van der Waals surface area contributed by atoms with Gasteiger partial charge in [-0.3, -0.25) is 4.79 Å². The van der Waals surface area contributed by atoms with Crippen molar-refractivity contribution in [2.75, 3.05) is 46.8 Å². The van der Waals surface area contributed by atoms with E-state index in [2.05, 4.69) is 83.1 Å². The lowest BCUT2D eigenvalue weighted by molar-refractivity contribution is 0.103. The quantitative estimate of drug-likeness (QED) is 0.0905. The number of allylic oxidation sites excluding steroid dienone is 1. The number of ether oxygens (including phenoxy) is 7. The van der Waals surface area contributed by atoms with Crippen molar-refractivity contribution in [1.82, 2.24) is 0 Å². The van der Waals surface area contributed by atoms with Gasteiger partial charge in [0, 0.05) is 17.7 Å². The maximum atomic E-state index is 14.5. The van der Waals surface area contributed by atoms with E-state index in [1.807, 2.05) is 12.1 Å². The van der Waals surface area contributed by atoms with Crippen molar-refractivity contribution < 1.29 is 38.0 Å². The Balaban J connectivity index is 2.84. The van der Waals surface area contributed by atoms with Crippen LogP contribution < -0.4 is 33.2 Å². The molecule has 0 unspecified atom stereocenters. The highest BCUT2D eigenvalue weighted by atomic mass is 16.5. The Hall–Kier alpha value is -3.55. The normalized spacial score (nSPS) is 11.8. The summed E-state index contributed by atoms with van der Waals surface area (Å²) in [7, 11) is 1.60. The van der Waals surface area contributed by atoms with Crippen LogP contribution in [-0.2, 0) is 0 Å². The van der Waals surface area contributed by atoms with Gasteiger partial charge < -0.3 is 33.2 Å². The lowest BCUT2D eigenvalue weighted by Crippen LogP contribution is -2.16. The highest BCUT2D eigenvalue weighted by Gasteiger charge is 2.28. The van der Waals surface area contributed by atoms with Gasteiger partial charge in [0.25, 0.3) is 0 Å². The van der Waals surface area contributed by atoms with Gasteiger partial charge in [-0.15, -0.1) is 0 Å². The fourth-order valence-electron chi connectivity index (χ4n) is 4.21. The van der Waals surface area contributed by atoms with Crippen LogP contribution in [0, 0.1) is 35.5 Å². The fraction of sp³-hybridized carbons (Fsp3) is 0.625. The van der Waals surface area contributed by atoms with Crippen LogP contribution in [0.3, 0.4) is 0 Å². The molecule has 0 N–H and O–H groups in total. The molecule has 8 heteroatoms. The SMILES string of the molecule is COc1cc(OCC(C)C)cc(/C=C/C(=O)c2c(OCC(C)C)c(OCC(C)C)cc(OCC(C)C)c2OCC(C)C)c1OCC(C)C. The number of benzene rings is 2. The molecule has 0 heterocycles. The van der Waals surface area contributed by atoms with E-state index in [1.165, 1.54) is 6.08 Å². The highest BCUT2D eigenvalue weighted by molar-refractivity contribution is 6.12. The lowest BCUT2D eigenvalue weighted by atomic mass is 10.0. The zero-order valence-electron chi connectivity index (χ0n) is 31.9. The Labute approximate surface area is 290 Å². The molecule has 0 bridgehead atoms. The van der Waals surface area contributed by atoms with Crippen LogP contribution in [0.5, 0.6) is 40.2 Å². The standard InChI is InChI=1S/C40H62O8/c1-25(2)19-43-32-16-31(38(34(17-32)42-13)46-22-28(7)8)14-15-33(41)37-39(47-23-29(9)10)35(44-20-26(3)4)18-36(45-21-27(5)6)40(37)48-24-30(11)12/h14-18,25-30H,19-24H2,1-13H3/b15-14+. The minimum absolute atomic E-state index is 0.208. The summed E-state index contributed by atoms with van der Waals surface area (Å²) in [4.78, 5) is 14.5. The van der Waals surface area contributed by atoms with Crippen LogP contribution in [0.4, 0.5) is 0 Å². The summed E-state index contributed by atoms with van der Waals surface area (Å²) in [6.07, 6.45) is 3.25. The topological polar surface area (TPSA) is 81.7 Å². The molecule has 0 saturated carbocycles. The summed E-state index contributed by atoms with van der Waals surface area (Å²) in [5.41, 5.74) is 0.913. The molecule has 2 aromatic carbocycles. The molecule has 0 aliphatic rings. The van der Waals surface area contributed by atoms with Crippen molar-refractivity contribution in [3.05, 3.63) is 35.4 Å². The highest BCUT2D eigenvalue weighted by Crippen LogP contribution is 2.46. The zero-order chi connectivity index (χ0) is 36.0. The molecule has 0 spiro atoms. The van der Waals surface area contributed by atoms with E-state index in [9.17, 15) is 4.79 Å². The van der Waals surface area contributed by atoms with Gasteiger partial charge >= 0.3 is 0 Å². The second-order valence-corrected chi connectivity index (χ2v) is 14.9. The summed E-state index contributed by atoms with van der Waals surface area (Å²) in [5, 5.41) is 0. The van der Waals surface area contributed by atoms with Crippen LogP contribution in [0.2, 0.25) is 0 Å². The number of carbonyl (C=O) groups excluding carboxylic acids is 1. The van der Waals surface area contributed by atoms with Gasteiger partial charge in [0.15, 0.2) is 40.3 Å². The van der Waals surface area contributed by atoms with E-state index in [0.29, 0.717) is 91.4 Å². The van der Waals surface area contributed by atoms with Gasteiger partial charge in [0.2, 0.25) is 0 Å². The molecule has 8 nitrogen and oxygen atoms in total.